The van der Waals surface area contributed by atoms with Gasteiger partial charge in [-0.3, -0.25) is 0 Å². The molecule has 17 heavy (non-hydrogen) atoms. The van der Waals surface area contributed by atoms with Crippen LogP contribution < -0.4 is 4.90 Å². The van der Waals surface area contributed by atoms with Gasteiger partial charge in [0.25, 0.3) is 0 Å². The second-order valence-corrected chi connectivity index (χ2v) is 5.40. The van der Waals surface area contributed by atoms with Crippen LogP contribution in [0.1, 0.15) is 5.56 Å². The molecule has 3 rings (SSSR count). The number of hydrogen-bond donors (Lipinski definition) is 1. The van der Waals surface area contributed by atoms with E-state index in [1.165, 1.54) is 9.26 Å². The first-order chi connectivity index (χ1) is 8.25. The molecule has 0 aromatic heterocycles. The van der Waals surface area contributed by atoms with Crippen LogP contribution in [0.5, 0.6) is 5.75 Å². The van der Waals surface area contributed by atoms with Gasteiger partial charge in [0, 0.05) is 27.1 Å². The summed E-state index contributed by atoms with van der Waals surface area (Å²) in [5.74, 6) is 0.413. The highest BCUT2D eigenvalue weighted by molar-refractivity contribution is 14.1. The normalized spacial score (nSPS) is 13.8. The summed E-state index contributed by atoms with van der Waals surface area (Å²) in [6.45, 7) is 0.938. The van der Waals surface area contributed by atoms with E-state index in [2.05, 4.69) is 57.8 Å². The number of phenols is 1. The third-order valence-corrected chi connectivity index (χ3v) is 3.86. The van der Waals surface area contributed by atoms with Crippen LogP contribution in [0.25, 0.3) is 0 Å². The number of aromatic hydroxyl groups is 1. The molecule has 0 aliphatic carbocycles. The average Bonchev–Trinajstić information content (AvgIpc) is 2.75. The van der Waals surface area contributed by atoms with Gasteiger partial charge in [-0.05, 0) is 65.4 Å². The monoisotopic (exact) mass is 337 g/mol. The van der Waals surface area contributed by atoms with Gasteiger partial charge < -0.3 is 10.0 Å². The summed E-state index contributed by atoms with van der Waals surface area (Å²) < 4.78 is 1.24. The number of halogens is 1. The zero-order valence-electron chi connectivity index (χ0n) is 9.23. The van der Waals surface area contributed by atoms with E-state index >= 15 is 0 Å². The molecule has 1 N–H and O–H groups in total. The molecule has 2 aromatic carbocycles. The summed E-state index contributed by atoms with van der Waals surface area (Å²) in [5.41, 5.74) is 3.38. The molecule has 0 amide bonds. The van der Waals surface area contributed by atoms with Crippen molar-refractivity contribution in [3.05, 3.63) is 51.6 Å². The van der Waals surface area contributed by atoms with E-state index in [1.54, 1.807) is 6.07 Å². The van der Waals surface area contributed by atoms with Crippen LogP contribution in [-0.2, 0) is 6.42 Å². The van der Waals surface area contributed by atoms with Crippen molar-refractivity contribution in [1.82, 2.24) is 0 Å². The van der Waals surface area contributed by atoms with E-state index in [0.29, 0.717) is 5.75 Å². The minimum absolute atomic E-state index is 0.413. The zero-order chi connectivity index (χ0) is 11.8. The Labute approximate surface area is 114 Å². The zero-order valence-corrected chi connectivity index (χ0v) is 11.4. The highest BCUT2D eigenvalue weighted by Gasteiger charge is 2.22. The van der Waals surface area contributed by atoms with Crippen LogP contribution in [0, 0.1) is 3.57 Å². The van der Waals surface area contributed by atoms with Gasteiger partial charge in [0.2, 0.25) is 0 Å². The Hall–Kier alpha value is -1.23. The van der Waals surface area contributed by atoms with E-state index in [1.807, 2.05) is 6.07 Å². The van der Waals surface area contributed by atoms with Gasteiger partial charge in [0.05, 0.1) is 0 Å². The Kier molecular flexibility index (Phi) is 2.70. The van der Waals surface area contributed by atoms with Crippen LogP contribution >= 0.6 is 22.6 Å². The average molecular weight is 337 g/mol. The molecule has 2 aromatic rings. The first-order valence-corrected chi connectivity index (χ1v) is 6.67. The molecule has 0 fully saturated rings. The van der Waals surface area contributed by atoms with Crippen molar-refractivity contribution in [3.8, 4) is 5.75 Å². The molecular weight excluding hydrogens is 325 g/mol. The predicted octanol–water partition coefficient (Wildman–Crippen LogP) is 3.69. The smallest absolute Gasteiger partial charge is 0.120 e. The molecule has 3 heteroatoms. The maximum atomic E-state index is 9.81. The van der Waals surface area contributed by atoms with Gasteiger partial charge in [-0.15, -0.1) is 0 Å². The number of benzene rings is 2. The van der Waals surface area contributed by atoms with Gasteiger partial charge >= 0.3 is 0 Å². The highest BCUT2D eigenvalue weighted by atomic mass is 127. The lowest BCUT2D eigenvalue weighted by Gasteiger charge is -2.19. The lowest BCUT2D eigenvalue weighted by atomic mass is 10.1. The highest BCUT2D eigenvalue weighted by Crippen LogP contribution is 2.38. The maximum absolute atomic E-state index is 9.81. The van der Waals surface area contributed by atoms with Gasteiger partial charge in [0.15, 0.2) is 0 Å². The number of phenolic OH excluding ortho intramolecular Hbond substituents is 1. The van der Waals surface area contributed by atoms with Gasteiger partial charge in [-0.1, -0.05) is 6.07 Å². The second kappa shape index (κ2) is 4.22. The molecule has 0 bridgehead atoms. The Morgan fingerprint density at radius 1 is 1.06 bits per heavy atom. The Bertz CT molecular complexity index is 551. The maximum Gasteiger partial charge on any atom is 0.120 e. The van der Waals surface area contributed by atoms with Crippen molar-refractivity contribution in [2.24, 2.45) is 0 Å². The van der Waals surface area contributed by atoms with E-state index in [4.69, 9.17) is 0 Å². The SMILES string of the molecule is Oc1cccc2c1CCN2c1ccc(I)cc1. The number of fused-ring (bicyclic) bond motifs is 1. The topological polar surface area (TPSA) is 23.5 Å². The Morgan fingerprint density at radius 2 is 1.82 bits per heavy atom. The quantitative estimate of drug-likeness (QED) is 0.803. The third kappa shape index (κ3) is 1.88. The van der Waals surface area contributed by atoms with Crippen LogP contribution in [0.4, 0.5) is 11.4 Å². The standard InChI is InChI=1S/C14H12INO/c15-10-4-6-11(7-5-10)16-9-8-12-13(16)2-1-3-14(12)17/h1-7,17H,8-9H2. The molecule has 1 aliphatic rings. The van der Waals surface area contributed by atoms with Crippen LogP contribution in [-0.4, -0.2) is 11.7 Å². The van der Waals surface area contributed by atoms with Crippen molar-refractivity contribution >= 4 is 34.0 Å². The lowest BCUT2D eigenvalue weighted by molar-refractivity contribution is 0.470. The molecule has 0 saturated carbocycles. The molecule has 0 radical (unpaired) electrons. The molecule has 86 valence electrons. The van der Waals surface area contributed by atoms with Crippen molar-refractivity contribution in [2.45, 2.75) is 6.42 Å². The minimum atomic E-state index is 0.413. The number of nitrogens with zero attached hydrogens (tertiary/aromatic N) is 1. The van der Waals surface area contributed by atoms with Crippen LogP contribution in [0.2, 0.25) is 0 Å². The lowest BCUT2D eigenvalue weighted by Crippen LogP contribution is -2.12. The molecule has 0 spiro atoms. The molecule has 2 nitrogen and oxygen atoms in total. The van der Waals surface area contributed by atoms with E-state index < -0.39 is 0 Å². The van der Waals surface area contributed by atoms with Crippen molar-refractivity contribution in [2.75, 3.05) is 11.4 Å². The minimum Gasteiger partial charge on any atom is -0.508 e. The Balaban J connectivity index is 2.04. The summed E-state index contributed by atoms with van der Waals surface area (Å²) in [6, 6.07) is 14.2. The van der Waals surface area contributed by atoms with E-state index in [9.17, 15) is 5.11 Å². The van der Waals surface area contributed by atoms with Gasteiger partial charge in [-0.2, -0.15) is 0 Å². The fraction of sp³-hybridized carbons (Fsp3) is 0.143. The molecule has 1 aliphatic heterocycles. The Morgan fingerprint density at radius 3 is 2.59 bits per heavy atom. The van der Waals surface area contributed by atoms with Crippen LogP contribution in [0.3, 0.4) is 0 Å². The molecule has 0 saturated heterocycles. The largest absolute Gasteiger partial charge is 0.508 e. The summed E-state index contributed by atoms with van der Waals surface area (Å²) in [5, 5.41) is 9.81. The van der Waals surface area contributed by atoms with Crippen molar-refractivity contribution in [1.29, 1.82) is 0 Å². The van der Waals surface area contributed by atoms with E-state index in [0.717, 1.165) is 24.2 Å². The molecular formula is C14H12INO. The van der Waals surface area contributed by atoms with Crippen molar-refractivity contribution < 1.29 is 5.11 Å². The number of anilines is 2. The van der Waals surface area contributed by atoms with E-state index in [-0.39, 0.29) is 0 Å². The summed E-state index contributed by atoms with van der Waals surface area (Å²) in [7, 11) is 0. The fourth-order valence-corrected chi connectivity index (χ4v) is 2.66. The molecule has 0 unspecified atom stereocenters. The van der Waals surface area contributed by atoms with Gasteiger partial charge in [0.1, 0.15) is 5.75 Å². The predicted molar refractivity (Wildman–Crippen MR) is 78.0 cm³/mol. The fourth-order valence-electron chi connectivity index (χ4n) is 2.31. The van der Waals surface area contributed by atoms with Crippen molar-refractivity contribution in [3.63, 3.8) is 0 Å². The van der Waals surface area contributed by atoms with Gasteiger partial charge in [-0.25, -0.2) is 0 Å². The molecule has 1 heterocycles. The number of hydrogen-bond acceptors (Lipinski definition) is 2. The first kappa shape index (κ1) is 10.9. The first-order valence-electron chi connectivity index (χ1n) is 5.59. The molecule has 0 atom stereocenters. The van der Waals surface area contributed by atoms with Crippen LogP contribution in [0.15, 0.2) is 42.5 Å². The summed E-state index contributed by atoms with van der Waals surface area (Å²) in [4.78, 5) is 2.26. The summed E-state index contributed by atoms with van der Waals surface area (Å²) >= 11 is 2.31. The summed E-state index contributed by atoms with van der Waals surface area (Å²) in [6.07, 6.45) is 0.911. The third-order valence-electron chi connectivity index (χ3n) is 3.14. The second-order valence-electron chi connectivity index (χ2n) is 4.15. The number of rotatable bonds is 1.